The molecule has 1 heterocycles. The smallest absolute Gasteiger partial charge is 0.139 e. The summed E-state index contributed by atoms with van der Waals surface area (Å²) in [6.45, 7) is 5.75. The summed E-state index contributed by atoms with van der Waals surface area (Å²) < 4.78 is 0. The van der Waals surface area contributed by atoms with Crippen molar-refractivity contribution in [1.29, 1.82) is 0 Å². The zero-order chi connectivity index (χ0) is 12.8. The second-order valence-electron chi connectivity index (χ2n) is 3.85. The quantitative estimate of drug-likeness (QED) is 0.747. The van der Waals surface area contributed by atoms with Crippen molar-refractivity contribution in [3.8, 4) is 0 Å². The van der Waals surface area contributed by atoms with Gasteiger partial charge in [-0.3, -0.25) is 0 Å². The van der Waals surface area contributed by atoms with Crippen LogP contribution in [-0.2, 0) is 0 Å². The topological polar surface area (TPSA) is 62.4 Å². The highest BCUT2D eigenvalue weighted by Gasteiger charge is 2.14. The Hall–Kier alpha value is -1.20. The minimum absolute atomic E-state index is 0.171. The number of hydrogen-bond donors (Lipinski definition) is 2. The molecule has 0 aromatic carbocycles. The molecule has 3 N–H and O–H groups in total. The molecule has 0 aliphatic rings. The maximum Gasteiger partial charge on any atom is 0.139 e. The fourth-order valence-electron chi connectivity index (χ4n) is 1.76. The molecule has 0 atom stereocenters. The average molecular weight is 253 g/mol. The molecule has 17 heavy (non-hydrogen) atoms. The van der Waals surface area contributed by atoms with E-state index < -0.39 is 0 Å². The van der Waals surface area contributed by atoms with Crippen LogP contribution in [0.5, 0.6) is 0 Å². The van der Waals surface area contributed by atoms with E-state index in [1.165, 1.54) is 0 Å². The number of aryl methyl sites for hydroxylation is 1. The number of nitrogens with zero attached hydrogens (tertiary/aromatic N) is 2. The number of thiocarbonyl (C=S) groups is 1. The summed E-state index contributed by atoms with van der Waals surface area (Å²) >= 11 is 5.08. The van der Waals surface area contributed by atoms with Crippen molar-refractivity contribution in [1.82, 2.24) is 4.98 Å². The van der Waals surface area contributed by atoms with Crippen LogP contribution in [0.3, 0.4) is 0 Å². The molecule has 0 radical (unpaired) electrons. The molecule has 0 saturated carbocycles. The van der Waals surface area contributed by atoms with E-state index in [9.17, 15) is 0 Å². The zero-order valence-electron chi connectivity index (χ0n) is 10.3. The predicted octanol–water partition coefficient (Wildman–Crippen LogP) is 1.23. The standard InChI is InChI=1S/C12H19N3OS/c1-3-15(7-4-8-16)12-10(11(13)17)9(2)5-6-14-12/h5-6,16H,3-4,7-8H2,1-2H3,(H2,13,17). The summed E-state index contributed by atoms with van der Waals surface area (Å²) in [5.41, 5.74) is 7.62. The van der Waals surface area contributed by atoms with Crippen molar-refractivity contribution in [2.45, 2.75) is 20.3 Å². The third-order valence-corrected chi connectivity index (χ3v) is 2.86. The Morgan fingerprint density at radius 2 is 2.29 bits per heavy atom. The molecule has 0 unspecified atom stereocenters. The summed E-state index contributed by atoms with van der Waals surface area (Å²) in [6.07, 6.45) is 2.47. The van der Waals surface area contributed by atoms with Gasteiger partial charge in [-0.2, -0.15) is 0 Å². The van der Waals surface area contributed by atoms with Gasteiger partial charge in [0.15, 0.2) is 0 Å². The van der Waals surface area contributed by atoms with Gasteiger partial charge in [0.2, 0.25) is 0 Å². The molecule has 94 valence electrons. The van der Waals surface area contributed by atoms with Gasteiger partial charge in [0.05, 0.1) is 5.56 Å². The molecule has 0 amide bonds. The molecule has 0 aliphatic heterocycles. The molecule has 1 rings (SSSR count). The van der Waals surface area contributed by atoms with E-state index >= 15 is 0 Å². The lowest BCUT2D eigenvalue weighted by molar-refractivity contribution is 0.289. The number of aliphatic hydroxyl groups excluding tert-OH is 1. The molecule has 1 aromatic rings. The number of aliphatic hydroxyl groups is 1. The third-order valence-electron chi connectivity index (χ3n) is 2.65. The lowest BCUT2D eigenvalue weighted by atomic mass is 10.1. The molecule has 0 aliphatic carbocycles. The van der Waals surface area contributed by atoms with Crippen molar-refractivity contribution >= 4 is 23.0 Å². The average Bonchev–Trinajstić information content (AvgIpc) is 2.29. The van der Waals surface area contributed by atoms with Gasteiger partial charge in [0, 0.05) is 25.9 Å². The van der Waals surface area contributed by atoms with Crippen molar-refractivity contribution < 1.29 is 5.11 Å². The number of nitrogens with two attached hydrogens (primary N) is 1. The molecule has 0 bridgehead atoms. The zero-order valence-corrected chi connectivity index (χ0v) is 11.1. The van der Waals surface area contributed by atoms with Crippen LogP contribution in [0.25, 0.3) is 0 Å². The first kappa shape index (κ1) is 13.9. The SMILES string of the molecule is CCN(CCCO)c1nccc(C)c1C(N)=S. The second-order valence-corrected chi connectivity index (χ2v) is 4.29. The van der Waals surface area contributed by atoms with Crippen LogP contribution < -0.4 is 10.6 Å². The van der Waals surface area contributed by atoms with Crippen LogP contribution in [0, 0.1) is 6.92 Å². The molecule has 4 nitrogen and oxygen atoms in total. The fraction of sp³-hybridized carbons (Fsp3) is 0.500. The van der Waals surface area contributed by atoms with Crippen LogP contribution in [0.4, 0.5) is 5.82 Å². The van der Waals surface area contributed by atoms with E-state index in [1.807, 2.05) is 19.9 Å². The number of rotatable bonds is 6. The molecular weight excluding hydrogens is 234 g/mol. The van der Waals surface area contributed by atoms with Crippen molar-refractivity contribution in [3.63, 3.8) is 0 Å². The van der Waals surface area contributed by atoms with Gasteiger partial charge in [-0.25, -0.2) is 4.98 Å². The largest absolute Gasteiger partial charge is 0.396 e. The summed E-state index contributed by atoms with van der Waals surface area (Å²) in [5.74, 6) is 0.813. The summed E-state index contributed by atoms with van der Waals surface area (Å²) in [5, 5.41) is 8.89. The highest BCUT2D eigenvalue weighted by molar-refractivity contribution is 7.80. The minimum Gasteiger partial charge on any atom is -0.396 e. The number of anilines is 1. The Kier molecular flexibility index (Phi) is 5.31. The lowest BCUT2D eigenvalue weighted by Gasteiger charge is -2.24. The van der Waals surface area contributed by atoms with Gasteiger partial charge in [0.1, 0.15) is 10.8 Å². The van der Waals surface area contributed by atoms with Gasteiger partial charge >= 0.3 is 0 Å². The number of pyridine rings is 1. The van der Waals surface area contributed by atoms with Gasteiger partial charge in [-0.1, -0.05) is 12.2 Å². The van der Waals surface area contributed by atoms with Crippen molar-refractivity contribution in [3.05, 3.63) is 23.4 Å². The van der Waals surface area contributed by atoms with Crippen LogP contribution in [-0.4, -0.2) is 34.8 Å². The molecule has 0 spiro atoms. The van der Waals surface area contributed by atoms with Gasteiger partial charge < -0.3 is 15.7 Å². The lowest BCUT2D eigenvalue weighted by Crippen LogP contribution is -2.29. The van der Waals surface area contributed by atoms with Crippen LogP contribution in [0.15, 0.2) is 12.3 Å². The Morgan fingerprint density at radius 3 is 2.82 bits per heavy atom. The molecular formula is C12H19N3OS. The Balaban J connectivity index is 3.09. The maximum absolute atomic E-state index is 8.89. The third kappa shape index (κ3) is 3.38. The monoisotopic (exact) mass is 253 g/mol. The van der Waals surface area contributed by atoms with Gasteiger partial charge in [0.25, 0.3) is 0 Å². The first-order valence-electron chi connectivity index (χ1n) is 5.73. The molecule has 5 heteroatoms. The normalized spacial score (nSPS) is 10.3. The predicted molar refractivity (Wildman–Crippen MR) is 74.5 cm³/mol. The molecule has 0 saturated heterocycles. The highest BCUT2D eigenvalue weighted by atomic mass is 32.1. The Bertz CT molecular complexity index is 395. The van der Waals surface area contributed by atoms with E-state index in [0.717, 1.165) is 30.0 Å². The maximum atomic E-state index is 8.89. The minimum atomic E-state index is 0.171. The van der Waals surface area contributed by atoms with E-state index in [2.05, 4.69) is 9.88 Å². The van der Waals surface area contributed by atoms with E-state index in [4.69, 9.17) is 23.1 Å². The highest BCUT2D eigenvalue weighted by Crippen LogP contribution is 2.20. The second kappa shape index (κ2) is 6.51. The van der Waals surface area contributed by atoms with Crippen molar-refractivity contribution in [2.75, 3.05) is 24.6 Å². The Morgan fingerprint density at radius 1 is 1.59 bits per heavy atom. The number of hydrogen-bond acceptors (Lipinski definition) is 4. The molecule has 0 fully saturated rings. The van der Waals surface area contributed by atoms with Gasteiger partial charge in [-0.15, -0.1) is 0 Å². The van der Waals surface area contributed by atoms with Crippen LogP contribution >= 0.6 is 12.2 Å². The molecule has 1 aromatic heterocycles. The van der Waals surface area contributed by atoms with Gasteiger partial charge in [-0.05, 0) is 31.9 Å². The summed E-state index contributed by atoms with van der Waals surface area (Å²) in [4.78, 5) is 6.81. The number of aromatic nitrogens is 1. The summed E-state index contributed by atoms with van der Waals surface area (Å²) in [7, 11) is 0. The first-order chi connectivity index (χ1) is 8.11. The summed E-state index contributed by atoms with van der Waals surface area (Å²) in [6, 6.07) is 1.90. The van der Waals surface area contributed by atoms with E-state index in [-0.39, 0.29) is 6.61 Å². The van der Waals surface area contributed by atoms with E-state index in [0.29, 0.717) is 11.4 Å². The van der Waals surface area contributed by atoms with Crippen LogP contribution in [0.2, 0.25) is 0 Å². The fourth-order valence-corrected chi connectivity index (χ4v) is 2.02. The van der Waals surface area contributed by atoms with E-state index in [1.54, 1.807) is 6.20 Å². The van der Waals surface area contributed by atoms with Crippen LogP contribution in [0.1, 0.15) is 24.5 Å². The first-order valence-corrected chi connectivity index (χ1v) is 6.13. The Labute approximate surface area is 107 Å². The van der Waals surface area contributed by atoms with Crippen molar-refractivity contribution in [2.24, 2.45) is 5.73 Å².